The Kier molecular flexibility index (Phi) is 5.04. The fraction of sp³-hybridized carbons (Fsp3) is 0.538. The van der Waals surface area contributed by atoms with Crippen LogP contribution in [0.25, 0.3) is 0 Å². The van der Waals surface area contributed by atoms with Crippen molar-refractivity contribution in [3.05, 3.63) is 29.3 Å². The van der Waals surface area contributed by atoms with Crippen LogP contribution in [0.15, 0.2) is 12.4 Å². The van der Waals surface area contributed by atoms with Crippen LogP contribution in [0.4, 0.5) is 0 Å². The minimum atomic E-state index is -0.486. The first-order valence-electron chi connectivity index (χ1n) is 6.73. The smallest absolute Gasteiger partial charge is 0.360 e. The van der Waals surface area contributed by atoms with Crippen molar-refractivity contribution in [3.63, 3.8) is 0 Å². The Labute approximate surface area is 122 Å². The summed E-state index contributed by atoms with van der Waals surface area (Å²) in [6.45, 7) is 5.69. The third-order valence-electron chi connectivity index (χ3n) is 3.04. The first kappa shape index (κ1) is 15.2. The number of hydrogen-bond acceptors (Lipinski definition) is 6. The highest BCUT2D eigenvalue weighted by molar-refractivity contribution is 5.88. The molecule has 21 heavy (non-hydrogen) atoms. The van der Waals surface area contributed by atoms with Gasteiger partial charge in [0.1, 0.15) is 6.61 Å². The van der Waals surface area contributed by atoms with Gasteiger partial charge in [0, 0.05) is 25.4 Å². The van der Waals surface area contributed by atoms with Crippen molar-refractivity contribution < 1.29 is 14.3 Å². The average molecular weight is 293 g/mol. The van der Waals surface area contributed by atoms with Gasteiger partial charge in [0.05, 0.1) is 25.0 Å². The Morgan fingerprint density at radius 3 is 2.86 bits per heavy atom. The van der Waals surface area contributed by atoms with Crippen LogP contribution in [0.3, 0.4) is 0 Å². The van der Waals surface area contributed by atoms with Crippen LogP contribution >= 0.6 is 0 Å². The van der Waals surface area contributed by atoms with Crippen LogP contribution in [0.2, 0.25) is 0 Å². The van der Waals surface area contributed by atoms with Crippen LogP contribution in [0.1, 0.15) is 28.7 Å². The van der Waals surface area contributed by atoms with Gasteiger partial charge in [0.2, 0.25) is 0 Å². The van der Waals surface area contributed by atoms with Gasteiger partial charge in [-0.2, -0.15) is 5.10 Å². The maximum atomic E-state index is 11.8. The number of aromatic nitrogens is 5. The molecule has 0 spiro atoms. The summed E-state index contributed by atoms with van der Waals surface area (Å²) in [5.74, 6) is -0.486. The zero-order valence-corrected chi connectivity index (χ0v) is 12.4. The third-order valence-corrected chi connectivity index (χ3v) is 3.04. The van der Waals surface area contributed by atoms with E-state index in [2.05, 4.69) is 15.4 Å². The average Bonchev–Trinajstić information content (AvgIpc) is 3.07. The predicted molar refractivity (Wildman–Crippen MR) is 73.9 cm³/mol. The van der Waals surface area contributed by atoms with Crippen molar-refractivity contribution in [3.8, 4) is 0 Å². The maximum absolute atomic E-state index is 11.8. The summed E-state index contributed by atoms with van der Waals surface area (Å²) in [6, 6.07) is 0. The van der Waals surface area contributed by atoms with Gasteiger partial charge >= 0.3 is 5.97 Å². The first-order valence-corrected chi connectivity index (χ1v) is 6.73. The quantitative estimate of drug-likeness (QED) is 0.550. The van der Waals surface area contributed by atoms with E-state index >= 15 is 0 Å². The molecule has 0 unspecified atom stereocenters. The molecular formula is C13H19N5O3. The number of carbonyl (C=O) groups excluding carboxylic acids is 1. The molecule has 2 aromatic rings. The molecule has 0 N–H and O–H groups in total. The molecule has 8 heteroatoms. The van der Waals surface area contributed by atoms with Crippen molar-refractivity contribution in [1.82, 2.24) is 24.8 Å². The largest absolute Gasteiger partial charge is 0.458 e. The van der Waals surface area contributed by atoms with E-state index < -0.39 is 5.97 Å². The van der Waals surface area contributed by atoms with Gasteiger partial charge in [-0.15, -0.1) is 5.10 Å². The zero-order chi connectivity index (χ0) is 15.2. The summed E-state index contributed by atoms with van der Waals surface area (Å²) >= 11 is 0. The Balaban J connectivity index is 2.04. The normalized spacial score (nSPS) is 10.8. The molecule has 0 bridgehead atoms. The lowest BCUT2D eigenvalue weighted by atomic mass is 10.3. The van der Waals surface area contributed by atoms with E-state index in [1.54, 1.807) is 24.9 Å². The van der Waals surface area contributed by atoms with E-state index in [-0.39, 0.29) is 12.3 Å². The van der Waals surface area contributed by atoms with Crippen molar-refractivity contribution >= 4 is 5.97 Å². The molecule has 0 aromatic carbocycles. The minimum absolute atomic E-state index is 0.199. The number of ether oxygens (including phenoxy) is 2. The summed E-state index contributed by atoms with van der Waals surface area (Å²) < 4.78 is 13.4. The van der Waals surface area contributed by atoms with Gasteiger partial charge in [-0.1, -0.05) is 5.21 Å². The van der Waals surface area contributed by atoms with Crippen LogP contribution in [-0.2, 0) is 22.6 Å². The molecule has 0 aliphatic rings. The van der Waals surface area contributed by atoms with Crippen LogP contribution < -0.4 is 0 Å². The zero-order valence-electron chi connectivity index (χ0n) is 12.4. The molecule has 114 valence electrons. The molecular weight excluding hydrogens is 274 g/mol. The summed E-state index contributed by atoms with van der Waals surface area (Å²) in [6.07, 6.45) is 3.72. The SMILES string of the molecule is CCn1cc(Cn2nnc(C(=O)OCCOC)c2C)cn1. The molecule has 0 aliphatic carbocycles. The van der Waals surface area contributed by atoms with Crippen molar-refractivity contribution in [1.29, 1.82) is 0 Å². The van der Waals surface area contributed by atoms with Gasteiger partial charge < -0.3 is 9.47 Å². The summed E-state index contributed by atoms with van der Waals surface area (Å²) in [7, 11) is 1.55. The number of carbonyl (C=O) groups is 1. The molecule has 8 nitrogen and oxygen atoms in total. The van der Waals surface area contributed by atoms with Crippen LogP contribution in [-0.4, -0.2) is 51.1 Å². The lowest BCUT2D eigenvalue weighted by molar-refractivity contribution is 0.0380. The predicted octanol–water partition coefficient (Wildman–Crippen LogP) is 0.654. The summed E-state index contributed by atoms with van der Waals surface area (Å²) in [5.41, 5.74) is 1.90. The fourth-order valence-electron chi connectivity index (χ4n) is 1.82. The second kappa shape index (κ2) is 6.98. The highest BCUT2D eigenvalue weighted by Gasteiger charge is 2.18. The molecule has 0 aliphatic heterocycles. The molecule has 0 fully saturated rings. The van der Waals surface area contributed by atoms with Gasteiger partial charge in [0.15, 0.2) is 5.69 Å². The Hall–Kier alpha value is -2.22. The van der Waals surface area contributed by atoms with E-state index in [9.17, 15) is 4.79 Å². The van der Waals surface area contributed by atoms with Crippen LogP contribution in [0, 0.1) is 6.92 Å². The highest BCUT2D eigenvalue weighted by Crippen LogP contribution is 2.08. The molecule has 0 radical (unpaired) electrons. The van der Waals surface area contributed by atoms with Crippen LogP contribution in [0.5, 0.6) is 0 Å². The molecule has 0 atom stereocenters. The maximum Gasteiger partial charge on any atom is 0.360 e. The summed E-state index contributed by atoms with van der Waals surface area (Å²) in [4.78, 5) is 11.8. The lowest BCUT2D eigenvalue weighted by Gasteiger charge is -2.03. The molecule has 2 heterocycles. The molecule has 2 rings (SSSR count). The van der Waals surface area contributed by atoms with E-state index in [1.165, 1.54) is 0 Å². The third kappa shape index (κ3) is 3.66. The molecule has 0 amide bonds. The number of hydrogen-bond donors (Lipinski definition) is 0. The molecule has 0 saturated carbocycles. The lowest BCUT2D eigenvalue weighted by Crippen LogP contribution is -2.12. The van der Waals surface area contributed by atoms with Crippen molar-refractivity contribution in [2.45, 2.75) is 26.9 Å². The Morgan fingerprint density at radius 1 is 1.38 bits per heavy atom. The van der Waals surface area contributed by atoms with Gasteiger partial charge in [0.25, 0.3) is 0 Å². The topological polar surface area (TPSA) is 84.1 Å². The van der Waals surface area contributed by atoms with Crippen molar-refractivity contribution in [2.24, 2.45) is 0 Å². The molecule has 2 aromatic heterocycles. The Morgan fingerprint density at radius 2 is 2.19 bits per heavy atom. The van der Waals surface area contributed by atoms with E-state index in [0.717, 1.165) is 12.1 Å². The van der Waals surface area contributed by atoms with E-state index in [0.29, 0.717) is 18.8 Å². The highest BCUT2D eigenvalue weighted by atomic mass is 16.6. The van der Waals surface area contributed by atoms with E-state index in [1.807, 2.05) is 17.8 Å². The van der Waals surface area contributed by atoms with Gasteiger partial charge in [-0.05, 0) is 13.8 Å². The van der Waals surface area contributed by atoms with Gasteiger partial charge in [-0.3, -0.25) is 4.68 Å². The van der Waals surface area contributed by atoms with Gasteiger partial charge in [-0.25, -0.2) is 9.48 Å². The summed E-state index contributed by atoms with van der Waals surface area (Å²) in [5, 5.41) is 12.1. The fourth-order valence-corrected chi connectivity index (χ4v) is 1.82. The number of aryl methyl sites for hydroxylation is 1. The molecule has 0 saturated heterocycles. The second-order valence-electron chi connectivity index (χ2n) is 4.51. The monoisotopic (exact) mass is 293 g/mol. The number of rotatable bonds is 7. The minimum Gasteiger partial charge on any atom is -0.458 e. The number of nitrogens with zero attached hydrogens (tertiary/aromatic N) is 5. The van der Waals surface area contributed by atoms with E-state index in [4.69, 9.17) is 9.47 Å². The second-order valence-corrected chi connectivity index (χ2v) is 4.51. The standard InChI is InChI=1S/C13H19N5O3/c1-4-17-8-11(7-14-17)9-18-10(2)12(15-16-18)13(19)21-6-5-20-3/h7-8H,4-6,9H2,1-3H3. The van der Waals surface area contributed by atoms with Crippen molar-refractivity contribution in [2.75, 3.05) is 20.3 Å². The number of esters is 1. The first-order chi connectivity index (χ1) is 10.2. The number of methoxy groups -OCH3 is 1. The Bertz CT molecular complexity index is 605.